The molecule has 2 nitrogen and oxygen atoms in total. The number of hydrogen-bond acceptors (Lipinski definition) is 2. The molecule has 0 aliphatic carbocycles. The first kappa shape index (κ1) is 13.0. The molecule has 19 heavy (non-hydrogen) atoms. The molecule has 0 fully saturated rings. The SMILES string of the molecule is N#Cc1c(F)cccc1OCc1cccc(F)c1F. The van der Waals surface area contributed by atoms with Crippen LogP contribution in [0.2, 0.25) is 0 Å². The third kappa shape index (κ3) is 2.68. The topological polar surface area (TPSA) is 33.0 Å². The molecule has 0 saturated carbocycles. The number of benzene rings is 2. The summed E-state index contributed by atoms with van der Waals surface area (Å²) in [4.78, 5) is 0. The van der Waals surface area contributed by atoms with Crippen LogP contribution in [0.15, 0.2) is 36.4 Å². The van der Waals surface area contributed by atoms with Gasteiger partial charge >= 0.3 is 0 Å². The summed E-state index contributed by atoms with van der Waals surface area (Å²) >= 11 is 0. The quantitative estimate of drug-likeness (QED) is 0.848. The first-order valence-corrected chi connectivity index (χ1v) is 5.37. The van der Waals surface area contributed by atoms with E-state index in [1.807, 2.05) is 0 Å². The Labute approximate surface area is 107 Å². The van der Waals surface area contributed by atoms with Crippen molar-refractivity contribution in [2.75, 3.05) is 0 Å². The summed E-state index contributed by atoms with van der Waals surface area (Å²) in [6.07, 6.45) is 0. The van der Waals surface area contributed by atoms with Gasteiger partial charge in [0.2, 0.25) is 0 Å². The summed E-state index contributed by atoms with van der Waals surface area (Å²) in [7, 11) is 0. The second-order valence-electron chi connectivity index (χ2n) is 3.73. The molecule has 2 aromatic rings. The normalized spacial score (nSPS) is 10.0. The summed E-state index contributed by atoms with van der Waals surface area (Å²) in [6.45, 7) is -0.290. The molecule has 0 unspecified atom stereocenters. The summed E-state index contributed by atoms with van der Waals surface area (Å²) < 4.78 is 44.8. The third-order valence-electron chi connectivity index (χ3n) is 2.50. The van der Waals surface area contributed by atoms with Gasteiger partial charge in [-0.15, -0.1) is 0 Å². The smallest absolute Gasteiger partial charge is 0.165 e. The molecule has 0 N–H and O–H groups in total. The highest BCUT2D eigenvalue weighted by atomic mass is 19.2. The highest BCUT2D eigenvalue weighted by molar-refractivity contribution is 5.43. The Morgan fingerprint density at radius 2 is 1.68 bits per heavy atom. The van der Waals surface area contributed by atoms with Crippen molar-refractivity contribution in [1.82, 2.24) is 0 Å². The van der Waals surface area contributed by atoms with E-state index in [9.17, 15) is 13.2 Å². The molecule has 0 saturated heterocycles. The zero-order valence-corrected chi connectivity index (χ0v) is 9.66. The molecule has 0 radical (unpaired) electrons. The van der Waals surface area contributed by atoms with Crippen LogP contribution in [0.1, 0.15) is 11.1 Å². The van der Waals surface area contributed by atoms with Crippen LogP contribution in [-0.2, 0) is 6.61 Å². The van der Waals surface area contributed by atoms with Gasteiger partial charge in [0.05, 0.1) is 0 Å². The van der Waals surface area contributed by atoms with Crippen molar-refractivity contribution in [3.8, 4) is 11.8 Å². The zero-order valence-electron chi connectivity index (χ0n) is 9.66. The zero-order chi connectivity index (χ0) is 13.8. The second kappa shape index (κ2) is 5.44. The molecular formula is C14H8F3NO. The molecule has 5 heteroatoms. The van der Waals surface area contributed by atoms with Gasteiger partial charge in [0.25, 0.3) is 0 Å². The van der Waals surface area contributed by atoms with E-state index in [0.29, 0.717) is 0 Å². The van der Waals surface area contributed by atoms with Gasteiger partial charge in [0.15, 0.2) is 11.6 Å². The lowest BCUT2D eigenvalue weighted by Crippen LogP contribution is -2.02. The third-order valence-corrected chi connectivity index (χ3v) is 2.50. The number of hydrogen-bond donors (Lipinski definition) is 0. The molecule has 0 amide bonds. The van der Waals surface area contributed by atoms with Crippen molar-refractivity contribution in [2.45, 2.75) is 6.61 Å². The Bertz CT molecular complexity index is 650. The first-order chi connectivity index (χ1) is 9.13. The minimum absolute atomic E-state index is 0.00634. The van der Waals surface area contributed by atoms with Crippen LogP contribution >= 0.6 is 0 Å². The molecule has 2 aromatic carbocycles. The van der Waals surface area contributed by atoms with Crippen molar-refractivity contribution in [3.63, 3.8) is 0 Å². The Morgan fingerprint density at radius 1 is 1.00 bits per heavy atom. The first-order valence-electron chi connectivity index (χ1n) is 5.37. The maximum absolute atomic E-state index is 13.4. The predicted molar refractivity (Wildman–Crippen MR) is 61.8 cm³/mol. The lowest BCUT2D eigenvalue weighted by molar-refractivity contribution is 0.294. The molecule has 0 heterocycles. The number of nitrogens with zero attached hydrogens (tertiary/aromatic N) is 1. The monoisotopic (exact) mass is 263 g/mol. The average molecular weight is 263 g/mol. The number of ether oxygens (including phenoxy) is 1. The summed E-state index contributed by atoms with van der Waals surface area (Å²) in [5.41, 5.74) is -0.271. The number of rotatable bonds is 3. The lowest BCUT2D eigenvalue weighted by atomic mass is 10.2. The van der Waals surface area contributed by atoms with E-state index in [1.54, 1.807) is 6.07 Å². The van der Waals surface area contributed by atoms with Crippen molar-refractivity contribution < 1.29 is 17.9 Å². The van der Waals surface area contributed by atoms with Crippen molar-refractivity contribution >= 4 is 0 Å². The van der Waals surface area contributed by atoms with Gasteiger partial charge in [-0.2, -0.15) is 5.26 Å². The van der Waals surface area contributed by atoms with E-state index in [-0.39, 0.29) is 23.5 Å². The fourth-order valence-electron chi connectivity index (χ4n) is 1.55. The van der Waals surface area contributed by atoms with Crippen LogP contribution in [0.25, 0.3) is 0 Å². The fraction of sp³-hybridized carbons (Fsp3) is 0.0714. The van der Waals surface area contributed by atoms with Crippen molar-refractivity contribution in [3.05, 3.63) is 65.0 Å². The van der Waals surface area contributed by atoms with Crippen LogP contribution in [-0.4, -0.2) is 0 Å². The molecule has 2 rings (SSSR count). The summed E-state index contributed by atoms with van der Waals surface area (Å²) in [5.74, 6) is -2.73. The number of halogens is 3. The Hall–Kier alpha value is -2.48. The van der Waals surface area contributed by atoms with Gasteiger partial charge in [-0.1, -0.05) is 18.2 Å². The lowest BCUT2D eigenvalue weighted by Gasteiger charge is -2.09. The fourth-order valence-corrected chi connectivity index (χ4v) is 1.55. The van der Waals surface area contributed by atoms with Crippen LogP contribution < -0.4 is 4.74 Å². The molecule has 96 valence electrons. The standard InChI is InChI=1S/C14H8F3NO/c15-11-4-2-6-13(10(11)7-18)19-8-9-3-1-5-12(16)14(9)17/h1-6H,8H2. The van der Waals surface area contributed by atoms with Crippen LogP contribution in [0.5, 0.6) is 5.75 Å². The van der Waals surface area contributed by atoms with Crippen LogP contribution in [0.4, 0.5) is 13.2 Å². The van der Waals surface area contributed by atoms with Gasteiger partial charge in [0.1, 0.15) is 29.8 Å². The largest absolute Gasteiger partial charge is 0.487 e. The minimum atomic E-state index is -1.02. The van der Waals surface area contributed by atoms with E-state index in [2.05, 4.69) is 0 Å². The number of nitriles is 1. The Morgan fingerprint density at radius 3 is 2.42 bits per heavy atom. The van der Waals surface area contributed by atoms with Crippen molar-refractivity contribution in [2.24, 2.45) is 0 Å². The molecule has 0 aliphatic heterocycles. The van der Waals surface area contributed by atoms with Gasteiger partial charge in [-0.05, 0) is 18.2 Å². The predicted octanol–water partition coefficient (Wildman–Crippen LogP) is 3.55. The Balaban J connectivity index is 2.22. The van der Waals surface area contributed by atoms with Gasteiger partial charge in [-0.25, -0.2) is 13.2 Å². The molecule has 0 aromatic heterocycles. The van der Waals surface area contributed by atoms with Crippen LogP contribution in [0.3, 0.4) is 0 Å². The van der Waals surface area contributed by atoms with E-state index < -0.39 is 17.5 Å². The van der Waals surface area contributed by atoms with Gasteiger partial charge in [0, 0.05) is 5.56 Å². The van der Waals surface area contributed by atoms with E-state index >= 15 is 0 Å². The molecular weight excluding hydrogens is 255 g/mol. The minimum Gasteiger partial charge on any atom is -0.487 e. The van der Waals surface area contributed by atoms with Crippen molar-refractivity contribution in [1.29, 1.82) is 5.26 Å². The molecule has 0 aliphatic rings. The summed E-state index contributed by atoms with van der Waals surface area (Å²) in [5, 5.41) is 8.79. The van der Waals surface area contributed by atoms with E-state index in [0.717, 1.165) is 12.1 Å². The molecule has 0 atom stereocenters. The van der Waals surface area contributed by atoms with E-state index in [4.69, 9.17) is 10.00 Å². The maximum atomic E-state index is 13.4. The summed E-state index contributed by atoms with van der Waals surface area (Å²) in [6, 6.07) is 9.21. The highest BCUT2D eigenvalue weighted by Crippen LogP contribution is 2.22. The second-order valence-corrected chi connectivity index (χ2v) is 3.73. The van der Waals surface area contributed by atoms with E-state index in [1.165, 1.54) is 24.3 Å². The average Bonchev–Trinajstić information content (AvgIpc) is 2.40. The highest BCUT2D eigenvalue weighted by Gasteiger charge is 2.11. The molecule has 0 bridgehead atoms. The maximum Gasteiger partial charge on any atom is 0.165 e. The molecule has 0 spiro atoms. The van der Waals surface area contributed by atoms with Gasteiger partial charge in [-0.3, -0.25) is 0 Å². The van der Waals surface area contributed by atoms with Crippen LogP contribution in [0, 0.1) is 28.8 Å². The van der Waals surface area contributed by atoms with Gasteiger partial charge < -0.3 is 4.74 Å². The Kier molecular flexibility index (Phi) is 3.71.